The lowest BCUT2D eigenvalue weighted by molar-refractivity contribution is -0.127. The Hall–Kier alpha value is -1.43. The van der Waals surface area contributed by atoms with E-state index < -0.39 is 0 Å². The zero-order chi connectivity index (χ0) is 12.4. The molecule has 2 N–H and O–H groups in total. The number of aromatic nitrogens is 3. The van der Waals surface area contributed by atoms with Crippen molar-refractivity contribution in [2.75, 3.05) is 13.1 Å². The topological polar surface area (TPSA) is 73.9 Å². The van der Waals surface area contributed by atoms with Crippen LogP contribution < -0.4 is 5.32 Å². The van der Waals surface area contributed by atoms with Gasteiger partial charge >= 0.3 is 0 Å². The molecule has 2 unspecified atom stereocenters. The summed E-state index contributed by atoms with van der Waals surface area (Å²) in [6.07, 6.45) is 6.45. The first-order valence-corrected chi connectivity index (χ1v) is 6.71. The van der Waals surface area contributed by atoms with Gasteiger partial charge in [0.25, 0.3) is 0 Å². The molecule has 1 aromatic rings. The fraction of sp³-hybridized carbons (Fsp3) is 0.750. The molecule has 0 spiro atoms. The van der Waals surface area contributed by atoms with E-state index in [1.54, 1.807) is 0 Å². The zero-order valence-corrected chi connectivity index (χ0v) is 10.4. The van der Waals surface area contributed by atoms with Crippen LogP contribution >= 0.6 is 0 Å². The van der Waals surface area contributed by atoms with Crippen molar-refractivity contribution in [3.63, 3.8) is 0 Å². The fourth-order valence-corrected chi connectivity index (χ4v) is 3.06. The number of nitrogens with one attached hydrogen (secondary N) is 2. The molecular weight excluding hydrogens is 230 g/mol. The summed E-state index contributed by atoms with van der Waals surface area (Å²) in [6, 6.07) is 0.803. The Kier molecular flexibility index (Phi) is 3.27. The largest absolute Gasteiger partial charge is 0.338 e. The molecule has 3 heterocycles. The van der Waals surface area contributed by atoms with Crippen LogP contribution in [0.5, 0.6) is 0 Å². The summed E-state index contributed by atoms with van der Waals surface area (Å²) in [5.41, 5.74) is 0. The number of hydrogen-bond acceptors (Lipinski definition) is 4. The third-order valence-electron chi connectivity index (χ3n) is 3.94. The van der Waals surface area contributed by atoms with Crippen molar-refractivity contribution in [2.45, 2.75) is 44.2 Å². The van der Waals surface area contributed by atoms with E-state index in [-0.39, 0.29) is 0 Å². The van der Waals surface area contributed by atoms with Gasteiger partial charge in [-0.25, -0.2) is 4.98 Å². The summed E-state index contributed by atoms with van der Waals surface area (Å²) in [5, 5.41) is 10.2. The number of aromatic amines is 1. The van der Waals surface area contributed by atoms with Gasteiger partial charge in [0.05, 0.1) is 0 Å². The Balaban J connectivity index is 1.42. The number of carbonyl (C=O) groups excluding carboxylic acids is 1. The highest BCUT2D eigenvalue weighted by Crippen LogP contribution is 2.28. The first-order chi connectivity index (χ1) is 8.84. The van der Waals surface area contributed by atoms with Crippen LogP contribution in [-0.4, -0.2) is 51.2 Å². The number of amides is 1. The third-order valence-corrected chi connectivity index (χ3v) is 3.94. The molecule has 1 aromatic heterocycles. The van der Waals surface area contributed by atoms with Crippen LogP contribution in [-0.2, 0) is 11.2 Å². The van der Waals surface area contributed by atoms with Crippen molar-refractivity contribution >= 4 is 5.91 Å². The van der Waals surface area contributed by atoms with Gasteiger partial charge in [-0.1, -0.05) is 0 Å². The van der Waals surface area contributed by atoms with E-state index >= 15 is 0 Å². The Morgan fingerprint density at radius 2 is 2.50 bits per heavy atom. The van der Waals surface area contributed by atoms with Crippen LogP contribution in [0.1, 0.15) is 31.5 Å². The molecule has 1 amide bonds. The Morgan fingerprint density at radius 3 is 3.33 bits per heavy atom. The van der Waals surface area contributed by atoms with Gasteiger partial charge < -0.3 is 10.2 Å². The van der Waals surface area contributed by atoms with Crippen LogP contribution in [0.15, 0.2) is 6.33 Å². The standard InChI is InChI=1S/C12H19N5O/c18-12-7-9(10-3-2-6-17(10)12)13-5-1-4-11-14-8-15-16-11/h8-10,13H,1-7H2,(H,14,15,16). The molecule has 98 valence electrons. The maximum absolute atomic E-state index is 11.7. The average molecular weight is 249 g/mol. The zero-order valence-electron chi connectivity index (χ0n) is 10.4. The van der Waals surface area contributed by atoms with E-state index in [1.807, 2.05) is 4.90 Å². The number of hydrogen-bond donors (Lipinski definition) is 2. The summed E-state index contributed by atoms with van der Waals surface area (Å²) in [6.45, 7) is 1.89. The normalized spacial score (nSPS) is 26.9. The lowest BCUT2D eigenvalue weighted by atomic mass is 10.1. The van der Waals surface area contributed by atoms with Crippen molar-refractivity contribution in [3.8, 4) is 0 Å². The van der Waals surface area contributed by atoms with Crippen LogP contribution in [0.3, 0.4) is 0 Å². The summed E-state index contributed by atoms with van der Waals surface area (Å²) in [7, 11) is 0. The Bertz CT molecular complexity index is 405. The molecule has 6 nitrogen and oxygen atoms in total. The van der Waals surface area contributed by atoms with E-state index in [0.29, 0.717) is 24.4 Å². The lowest BCUT2D eigenvalue weighted by Crippen LogP contribution is -2.39. The lowest BCUT2D eigenvalue weighted by Gasteiger charge is -2.20. The molecule has 2 fully saturated rings. The minimum absolute atomic E-state index is 0.324. The number of aryl methyl sites for hydroxylation is 1. The monoisotopic (exact) mass is 249 g/mol. The van der Waals surface area contributed by atoms with Crippen LogP contribution in [0, 0.1) is 0 Å². The Morgan fingerprint density at radius 1 is 1.56 bits per heavy atom. The number of rotatable bonds is 5. The average Bonchev–Trinajstić information content (AvgIpc) is 3.05. The molecule has 2 saturated heterocycles. The summed E-state index contributed by atoms with van der Waals surface area (Å²) >= 11 is 0. The van der Waals surface area contributed by atoms with Gasteiger partial charge in [-0.05, 0) is 25.8 Å². The van der Waals surface area contributed by atoms with Gasteiger partial charge in [0, 0.05) is 31.5 Å². The molecule has 0 bridgehead atoms. The molecular formula is C12H19N5O. The van der Waals surface area contributed by atoms with E-state index in [4.69, 9.17) is 0 Å². The number of fused-ring (bicyclic) bond motifs is 1. The molecule has 0 saturated carbocycles. The first kappa shape index (κ1) is 11.6. The van der Waals surface area contributed by atoms with Gasteiger partial charge in [-0.2, -0.15) is 5.10 Å². The maximum Gasteiger partial charge on any atom is 0.224 e. The van der Waals surface area contributed by atoms with Gasteiger partial charge in [0.15, 0.2) is 0 Å². The quantitative estimate of drug-likeness (QED) is 0.725. The molecule has 3 rings (SSSR count). The molecule has 6 heteroatoms. The van der Waals surface area contributed by atoms with E-state index in [2.05, 4.69) is 20.5 Å². The summed E-state index contributed by atoms with van der Waals surface area (Å²) in [5.74, 6) is 1.26. The molecule has 18 heavy (non-hydrogen) atoms. The van der Waals surface area contributed by atoms with Gasteiger partial charge in [-0.15, -0.1) is 0 Å². The van der Waals surface area contributed by atoms with Crippen molar-refractivity contribution < 1.29 is 4.79 Å². The number of carbonyl (C=O) groups is 1. The van der Waals surface area contributed by atoms with Crippen molar-refractivity contribution in [1.82, 2.24) is 25.4 Å². The molecule has 0 aromatic carbocycles. The van der Waals surface area contributed by atoms with Gasteiger partial charge in [0.2, 0.25) is 5.91 Å². The predicted octanol–water partition coefficient (Wildman–Crippen LogP) is 0.0902. The second-order valence-corrected chi connectivity index (χ2v) is 5.10. The van der Waals surface area contributed by atoms with Crippen molar-refractivity contribution in [3.05, 3.63) is 12.2 Å². The van der Waals surface area contributed by atoms with E-state index in [0.717, 1.165) is 44.6 Å². The van der Waals surface area contributed by atoms with E-state index in [9.17, 15) is 4.79 Å². The maximum atomic E-state index is 11.7. The number of H-pyrrole nitrogens is 1. The van der Waals surface area contributed by atoms with Crippen LogP contribution in [0.4, 0.5) is 0 Å². The smallest absolute Gasteiger partial charge is 0.224 e. The van der Waals surface area contributed by atoms with Gasteiger partial charge in [-0.3, -0.25) is 9.89 Å². The number of nitrogens with zero attached hydrogens (tertiary/aromatic N) is 3. The van der Waals surface area contributed by atoms with Gasteiger partial charge in [0.1, 0.15) is 12.2 Å². The second-order valence-electron chi connectivity index (χ2n) is 5.10. The van der Waals surface area contributed by atoms with Crippen LogP contribution in [0.2, 0.25) is 0 Å². The SMILES string of the molecule is O=C1CC(NCCCc2ncn[nH]2)C2CCCN12. The third kappa shape index (κ3) is 2.25. The summed E-state index contributed by atoms with van der Waals surface area (Å²) < 4.78 is 0. The summed E-state index contributed by atoms with van der Waals surface area (Å²) in [4.78, 5) is 17.9. The molecule has 2 aliphatic heterocycles. The second kappa shape index (κ2) is 5.06. The fourth-order valence-electron chi connectivity index (χ4n) is 3.06. The minimum atomic E-state index is 0.324. The molecule has 0 radical (unpaired) electrons. The van der Waals surface area contributed by atoms with Crippen molar-refractivity contribution in [1.29, 1.82) is 0 Å². The van der Waals surface area contributed by atoms with E-state index in [1.165, 1.54) is 6.33 Å². The van der Waals surface area contributed by atoms with Crippen molar-refractivity contribution in [2.24, 2.45) is 0 Å². The first-order valence-electron chi connectivity index (χ1n) is 6.71. The molecule has 2 aliphatic rings. The molecule has 0 aliphatic carbocycles. The highest BCUT2D eigenvalue weighted by atomic mass is 16.2. The minimum Gasteiger partial charge on any atom is -0.338 e. The highest BCUT2D eigenvalue weighted by Gasteiger charge is 2.41. The predicted molar refractivity (Wildman–Crippen MR) is 65.8 cm³/mol. The highest BCUT2D eigenvalue weighted by molar-refractivity contribution is 5.80. The Labute approximate surface area is 106 Å². The molecule has 2 atom stereocenters. The van der Waals surface area contributed by atoms with Crippen LogP contribution in [0.25, 0.3) is 0 Å².